The summed E-state index contributed by atoms with van der Waals surface area (Å²) in [5.74, 6) is 1.28. The van der Waals surface area contributed by atoms with Crippen LogP contribution in [0.1, 0.15) is 12.0 Å². The first-order chi connectivity index (χ1) is 12.0. The highest BCUT2D eigenvalue weighted by Gasteiger charge is 2.34. The molecule has 6 nitrogen and oxygen atoms in total. The van der Waals surface area contributed by atoms with Crippen LogP contribution in [0.4, 0.5) is 0 Å². The summed E-state index contributed by atoms with van der Waals surface area (Å²) in [4.78, 5) is 4.49. The van der Waals surface area contributed by atoms with Crippen molar-refractivity contribution in [3.63, 3.8) is 0 Å². The molecule has 2 aliphatic rings. The van der Waals surface area contributed by atoms with Crippen LogP contribution >= 0.6 is 15.9 Å². The summed E-state index contributed by atoms with van der Waals surface area (Å²) in [6.45, 7) is 1.38. The first-order valence-electron chi connectivity index (χ1n) is 8.06. The maximum atomic E-state index is 12.9. The lowest BCUT2D eigenvalue weighted by molar-refractivity contribution is 0.207. The van der Waals surface area contributed by atoms with Gasteiger partial charge in [0, 0.05) is 29.7 Å². The topological polar surface area (TPSA) is 68.7 Å². The van der Waals surface area contributed by atoms with E-state index < -0.39 is 10.0 Å². The van der Waals surface area contributed by atoms with Gasteiger partial charge in [-0.05, 0) is 52.2 Å². The van der Waals surface area contributed by atoms with Crippen molar-refractivity contribution in [3.8, 4) is 11.6 Å². The molecule has 2 aromatic rings. The highest BCUT2D eigenvalue weighted by Crippen LogP contribution is 2.30. The van der Waals surface area contributed by atoms with Crippen molar-refractivity contribution < 1.29 is 17.9 Å². The SMILES string of the molecule is O=S(=O)(c1ccc2c(c1)CCO2)N1CCC(Oc2ccc(Br)cn2)C1. The number of fused-ring (bicyclic) bond motifs is 1. The molecule has 1 aromatic heterocycles. The molecule has 0 amide bonds. The molecule has 25 heavy (non-hydrogen) atoms. The van der Waals surface area contributed by atoms with Crippen LogP contribution in [0.2, 0.25) is 0 Å². The van der Waals surface area contributed by atoms with Crippen LogP contribution < -0.4 is 9.47 Å². The molecular weight excluding hydrogens is 408 g/mol. The Morgan fingerprint density at radius 1 is 1.28 bits per heavy atom. The van der Waals surface area contributed by atoms with Crippen LogP contribution in [0.3, 0.4) is 0 Å². The lowest BCUT2D eigenvalue weighted by atomic mass is 10.2. The molecule has 0 aliphatic carbocycles. The number of pyridine rings is 1. The Labute approximate surface area is 155 Å². The van der Waals surface area contributed by atoms with E-state index >= 15 is 0 Å². The zero-order chi connectivity index (χ0) is 17.4. The zero-order valence-corrected chi connectivity index (χ0v) is 15.8. The van der Waals surface area contributed by atoms with Gasteiger partial charge in [-0.3, -0.25) is 0 Å². The number of ether oxygens (including phenoxy) is 2. The fourth-order valence-electron chi connectivity index (χ4n) is 3.09. The summed E-state index contributed by atoms with van der Waals surface area (Å²) >= 11 is 3.33. The minimum absolute atomic E-state index is 0.193. The minimum atomic E-state index is -3.52. The van der Waals surface area contributed by atoms with Gasteiger partial charge in [-0.25, -0.2) is 13.4 Å². The van der Waals surface area contributed by atoms with Gasteiger partial charge in [0.2, 0.25) is 15.9 Å². The molecule has 1 aromatic carbocycles. The summed E-state index contributed by atoms with van der Waals surface area (Å²) in [7, 11) is -3.52. The summed E-state index contributed by atoms with van der Waals surface area (Å²) in [6.07, 6.45) is 2.86. The third-order valence-corrected chi connectivity index (χ3v) is 6.72. The van der Waals surface area contributed by atoms with Crippen LogP contribution in [-0.4, -0.2) is 43.5 Å². The Kier molecular flexibility index (Phi) is 4.43. The van der Waals surface area contributed by atoms with Crippen LogP contribution in [0.5, 0.6) is 11.6 Å². The van der Waals surface area contributed by atoms with Crippen molar-refractivity contribution >= 4 is 26.0 Å². The van der Waals surface area contributed by atoms with Crippen molar-refractivity contribution in [1.82, 2.24) is 9.29 Å². The summed E-state index contributed by atoms with van der Waals surface area (Å²) in [5, 5.41) is 0. The quantitative estimate of drug-likeness (QED) is 0.754. The molecule has 1 fully saturated rings. The minimum Gasteiger partial charge on any atom is -0.493 e. The Morgan fingerprint density at radius 3 is 2.96 bits per heavy atom. The third-order valence-electron chi connectivity index (χ3n) is 4.39. The molecule has 2 aliphatic heterocycles. The van der Waals surface area contributed by atoms with Crippen LogP contribution in [-0.2, 0) is 16.4 Å². The van der Waals surface area contributed by atoms with Gasteiger partial charge >= 0.3 is 0 Å². The second-order valence-corrected chi connectivity index (χ2v) is 8.93. The van der Waals surface area contributed by atoms with Gasteiger partial charge in [0.1, 0.15) is 11.9 Å². The van der Waals surface area contributed by atoms with Crippen molar-refractivity contribution in [3.05, 3.63) is 46.6 Å². The lowest BCUT2D eigenvalue weighted by Crippen LogP contribution is -2.31. The standard InChI is InChI=1S/C17H17BrN2O4S/c18-13-1-4-17(19-10-13)24-14-5-7-20(11-14)25(21,22)15-2-3-16-12(9-15)6-8-23-16/h1-4,9-10,14H,5-8,11H2. The van der Waals surface area contributed by atoms with E-state index in [2.05, 4.69) is 20.9 Å². The molecule has 1 unspecified atom stereocenters. The normalized spacial score (nSPS) is 20.3. The van der Waals surface area contributed by atoms with Crippen LogP contribution in [0, 0.1) is 0 Å². The average Bonchev–Trinajstić information content (AvgIpc) is 3.25. The molecule has 1 saturated heterocycles. The van der Waals surface area contributed by atoms with Gasteiger partial charge < -0.3 is 9.47 Å². The first kappa shape index (κ1) is 16.8. The molecule has 132 valence electrons. The fraction of sp³-hybridized carbons (Fsp3) is 0.353. The Morgan fingerprint density at radius 2 is 2.16 bits per heavy atom. The largest absolute Gasteiger partial charge is 0.493 e. The monoisotopic (exact) mass is 424 g/mol. The maximum Gasteiger partial charge on any atom is 0.243 e. The lowest BCUT2D eigenvalue weighted by Gasteiger charge is -2.17. The van der Waals surface area contributed by atoms with Crippen molar-refractivity contribution in [2.45, 2.75) is 23.8 Å². The number of nitrogens with zero attached hydrogens (tertiary/aromatic N) is 2. The predicted molar refractivity (Wildman–Crippen MR) is 95.4 cm³/mol. The van der Waals surface area contributed by atoms with Gasteiger partial charge in [0.15, 0.2) is 0 Å². The average molecular weight is 425 g/mol. The first-order valence-corrected chi connectivity index (χ1v) is 10.3. The smallest absolute Gasteiger partial charge is 0.243 e. The van der Waals surface area contributed by atoms with Crippen molar-refractivity contribution in [1.29, 1.82) is 0 Å². The molecule has 0 radical (unpaired) electrons. The Balaban J connectivity index is 1.47. The number of benzene rings is 1. The van der Waals surface area contributed by atoms with Gasteiger partial charge in [-0.2, -0.15) is 4.31 Å². The summed E-state index contributed by atoms with van der Waals surface area (Å²) in [6, 6.07) is 8.69. The van der Waals surface area contributed by atoms with Gasteiger partial charge in [0.05, 0.1) is 18.0 Å². The van der Waals surface area contributed by atoms with Gasteiger partial charge in [0.25, 0.3) is 0 Å². The van der Waals surface area contributed by atoms with Crippen LogP contribution in [0.25, 0.3) is 0 Å². The predicted octanol–water partition coefficient (Wildman–Crippen LogP) is 2.62. The second kappa shape index (κ2) is 6.59. The number of sulfonamides is 1. The molecule has 4 rings (SSSR count). The molecule has 8 heteroatoms. The maximum absolute atomic E-state index is 12.9. The number of hydrogen-bond donors (Lipinski definition) is 0. The Bertz CT molecular complexity index is 886. The van der Waals surface area contributed by atoms with E-state index in [1.165, 1.54) is 4.31 Å². The molecule has 0 bridgehead atoms. The highest BCUT2D eigenvalue weighted by atomic mass is 79.9. The van der Waals surface area contributed by atoms with Gasteiger partial charge in [-0.1, -0.05) is 0 Å². The fourth-order valence-corrected chi connectivity index (χ4v) is 4.86. The number of halogens is 1. The van der Waals surface area contributed by atoms with E-state index in [0.29, 0.717) is 36.9 Å². The number of aromatic nitrogens is 1. The zero-order valence-electron chi connectivity index (χ0n) is 13.4. The van der Waals surface area contributed by atoms with E-state index in [1.807, 2.05) is 6.07 Å². The van der Waals surface area contributed by atoms with Gasteiger partial charge in [-0.15, -0.1) is 0 Å². The molecule has 3 heterocycles. The van der Waals surface area contributed by atoms with E-state index in [1.54, 1.807) is 30.5 Å². The molecule has 0 N–H and O–H groups in total. The van der Waals surface area contributed by atoms with Crippen molar-refractivity contribution in [2.75, 3.05) is 19.7 Å². The molecule has 0 spiro atoms. The Hall–Kier alpha value is -1.64. The molecular formula is C17H17BrN2O4S. The molecule has 0 saturated carbocycles. The van der Waals surface area contributed by atoms with Crippen LogP contribution in [0.15, 0.2) is 45.9 Å². The highest BCUT2D eigenvalue weighted by molar-refractivity contribution is 9.10. The van der Waals surface area contributed by atoms with E-state index in [0.717, 1.165) is 22.2 Å². The van der Waals surface area contributed by atoms with E-state index in [-0.39, 0.29) is 6.10 Å². The van der Waals surface area contributed by atoms with E-state index in [9.17, 15) is 8.42 Å². The third kappa shape index (κ3) is 3.38. The number of rotatable bonds is 4. The second-order valence-electron chi connectivity index (χ2n) is 6.07. The van der Waals surface area contributed by atoms with Crippen molar-refractivity contribution in [2.24, 2.45) is 0 Å². The molecule has 1 atom stereocenters. The number of hydrogen-bond acceptors (Lipinski definition) is 5. The van der Waals surface area contributed by atoms with E-state index in [4.69, 9.17) is 9.47 Å². The summed E-state index contributed by atoms with van der Waals surface area (Å²) in [5.41, 5.74) is 0.951. The summed E-state index contributed by atoms with van der Waals surface area (Å²) < 4.78 is 39.4.